The van der Waals surface area contributed by atoms with Gasteiger partial charge in [-0.25, -0.2) is 9.37 Å². The van der Waals surface area contributed by atoms with Gasteiger partial charge in [0, 0.05) is 6.04 Å². The summed E-state index contributed by atoms with van der Waals surface area (Å²) in [6, 6.07) is 3.09. The number of benzene rings is 1. The number of nitrogens with two attached hydrogens (primary N) is 1. The van der Waals surface area contributed by atoms with Crippen LogP contribution in [0, 0.1) is 5.82 Å². The highest BCUT2D eigenvalue weighted by molar-refractivity contribution is 5.87. The number of nitrogen functional groups attached to an aromatic ring is 1. The minimum absolute atomic E-state index is 0.177. The number of fused-ring (bicyclic) bond motifs is 1. The van der Waals surface area contributed by atoms with Gasteiger partial charge in [0.05, 0.1) is 12.0 Å². The van der Waals surface area contributed by atoms with Gasteiger partial charge in [-0.15, -0.1) is 0 Å². The van der Waals surface area contributed by atoms with E-state index in [9.17, 15) is 4.39 Å². The number of aromatic nitrogens is 2. The predicted octanol–water partition coefficient (Wildman–Crippen LogP) is 2.34. The summed E-state index contributed by atoms with van der Waals surface area (Å²) in [4.78, 5) is 4.10. The first-order valence-electron chi connectivity index (χ1n) is 4.51. The number of halogens is 1. The Morgan fingerprint density at radius 1 is 1.43 bits per heavy atom. The molecule has 0 radical (unpaired) electrons. The Morgan fingerprint density at radius 3 is 2.79 bits per heavy atom. The van der Waals surface area contributed by atoms with E-state index in [0.717, 1.165) is 0 Å². The van der Waals surface area contributed by atoms with Gasteiger partial charge in [0.2, 0.25) is 0 Å². The lowest BCUT2D eigenvalue weighted by molar-refractivity contribution is 0.586. The second kappa shape index (κ2) is 2.97. The maximum Gasteiger partial charge on any atom is 0.149 e. The largest absolute Gasteiger partial charge is 0.397 e. The molecule has 2 aromatic rings. The number of hydrogen-bond donors (Lipinski definition) is 1. The molecular weight excluding hydrogens is 181 g/mol. The van der Waals surface area contributed by atoms with Crippen LogP contribution in [0.4, 0.5) is 10.1 Å². The first-order chi connectivity index (χ1) is 6.61. The molecule has 0 amide bonds. The van der Waals surface area contributed by atoms with E-state index in [2.05, 4.69) is 4.98 Å². The summed E-state index contributed by atoms with van der Waals surface area (Å²) < 4.78 is 15.3. The highest BCUT2D eigenvalue weighted by atomic mass is 19.1. The first-order valence-corrected chi connectivity index (χ1v) is 4.51. The monoisotopic (exact) mass is 193 g/mol. The van der Waals surface area contributed by atoms with Crippen molar-refractivity contribution in [2.75, 3.05) is 5.73 Å². The van der Waals surface area contributed by atoms with Crippen molar-refractivity contribution in [2.45, 2.75) is 19.9 Å². The standard InChI is InChI=1S/C10H12FN3/c1-6(2)14-5-13-9-8(12)4-3-7(11)10(9)14/h3-6H,12H2,1-2H3. The van der Waals surface area contributed by atoms with E-state index in [1.54, 1.807) is 10.9 Å². The van der Waals surface area contributed by atoms with E-state index in [4.69, 9.17) is 5.73 Å². The van der Waals surface area contributed by atoms with Crippen LogP contribution in [0.2, 0.25) is 0 Å². The highest BCUT2D eigenvalue weighted by Gasteiger charge is 2.12. The van der Waals surface area contributed by atoms with Crippen molar-refractivity contribution in [2.24, 2.45) is 0 Å². The Hall–Kier alpha value is -1.58. The number of nitrogens with zero attached hydrogens (tertiary/aromatic N) is 2. The normalized spacial score (nSPS) is 11.4. The summed E-state index contributed by atoms with van der Waals surface area (Å²) in [7, 11) is 0. The van der Waals surface area contributed by atoms with Gasteiger partial charge in [0.15, 0.2) is 0 Å². The SMILES string of the molecule is CC(C)n1cnc2c(N)ccc(F)c21. The zero-order valence-corrected chi connectivity index (χ0v) is 8.16. The average Bonchev–Trinajstić information content (AvgIpc) is 2.56. The van der Waals surface area contributed by atoms with E-state index in [1.165, 1.54) is 12.1 Å². The van der Waals surface area contributed by atoms with Crippen molar-refractivity contribution in [1.82, 2.24) is 9.55 Å². The van der Waals surface area contributed by atoms with Crippen molar-refractivity contribution < 1.29 is 4.39 Å². The van der Waals surface area contributed by atoms with E-state index < -0.39 is 0 Å². The highest BCUT2D eigenvalue weighted by Crippen LogP contribution is 2.24. The summed E-state index contributed by atoms with van der Waals surface area (Å²) in [6.07, 6.45) is 1.62. The smallest absolute Gasteiger partial charge is 0.149 e. The molecule has 3 nitrogen and oxygen atoms in total. The van der Waals surface area contributed by atoms with Crippen LogP contribution in [0.25, 0.3) is 11.0 Å². The molecule has 0 aliphatic carbocycles. The molecule has 1 aromatic heterocycles. The molecule has 4 heteroatoms. The van der Waals surface area contributed by atoms with Crippen molar-refractivity contribution >= 4 is 16.7 Å². The number of hydrogen-bond acceptors (Lipinski definition) is 2. The first kappa shape index (κ1) is 8.99. The Labute approximate surface area is 81.4 Å². The van der Waals surface area contributed by atoms with Crippen LogP contribution in [0.15, 0.2) is 18.5 Å². The second-order valence-electron chi connectivity index (χ2n) is 3.58. The van der Waals surface area contributed by atoms with Crippen LogP contribution in [0.5, 0.6) is 0 Å². The van der Waals surface area contributed by atoms with Crippen molar-refractivity contribution in [3.63, 3.8) is 0 Å². The molecule has 0 atom stereocenters. The quantitative estimate of drug-likeness (QED) is 0.706. The predicted molar refractivity (Wildman–Crippen MR) is 54.5 cm³/mol. The van der Waals surface area contributed by atoms with Gasteiger partial charge in [0.25, 0.3) is 0 Å². The van der Waals surface area contributed by atoms with Crippen LogP contribution < -0.4 is 5.73 Å². The maximum atomic E-state index is 13.5. The summed E-state index contributed by atoms with van der Waals surface area (Å²) in [5, 5.41) is 0. The molecule has 0 fully saturated rings. The van der Waals surface area contributed by atoms with Gasteiger partial charge in [-0.2, -0.15) is 0 Å². The third-order valence-corrected chi connectivity index (χ3v) is 2.26. The summed E-state index contributed by atoms with van der Waals surface area (Å²) >= 11 is 0. The maximum absolute atomic E-state index is 13.5. The molecular formula is C10H12FN3. The van der Waals surface area contributed by atoms with Crippen LogP contribution in [0.3, 0.4) is 0 Å². The van der Waals surface area contributed by atoms with Gasteiger partial charge in [0.1, 0.15) is 16.9 Å². The minimum atomic E-state index is -0.277. The van der Waals surface area contributed by atoms with Crippen LogP contribution in [-0.4, -0.2) is 9.55 Å². The van der Waals surface area contributed by atoms with Crippen LogP contribution >= 0.6 is 0 Å². The number of anilines is 1. The molecule has 2 rings (SSSR count). The molecule has 0 bridgehead atoms. The van der Waals surface area contributed by atoms with Crippen LogP contribution in [-0.2, 0) is 0 Å². The lowest BCUT2D eigenvalue weighted by Gasteiger charge is -2.08. The lowest BCUT2D eigenvalue weighted by Crippen LogP contribution is -2.00. The lowest BCUT2D eigenvalue weighted by atomic mass is 10.2. The fourth-order valence-corrected chi connectivity index (χ4v) is 1.52. The third-order valence-electron chi connectivity index (χ3n) is 2.26. The van der Waals surface area contributed by atoms with Crippen molar-refractivity contribution in [3.05, 3.63) is 24.3 Å². The molecule has 0 saturated carbocycles. The van der Waals surface area contributed by atoms with E-state index in [0.29, 0.717) is 16.7 Å². The summed E-state index contributed by atoms with van der Waals surface area (Å²) in [5.74, 6) is -0.277. The van der Waals surface area contributed by atoms with Crippen molar-refractivity contribution in [1.29, 1.82) is 0 Å². The van der Waals surface area contributed by atoms with Gasteiger partial charge >= 0.3 is 0 Å². The molecule has 0 spiro atoms. The van der Waals surface area contributed by atoms with E-state index >= 15 is 0 Å². The summed E-state index contributed by atoms with van der Waals surface area (Å²) in [6.45, 7) is 3.95. The number of rotatable bonds is 1. The van der Waals surface area contributed by atoms with Gasteiger partial charge in [-0.05, 0) is 26.0 Å². The molecule has 0 aliphatic rings. The fourth-order valence-electron chi connectivity index (χ4n) is 1.52. The second-order valence-corrected chi connectivity index (χ2v) is 3.58. The van der Waals surface area contributed by atoms with E-state index in [1.807, 2.05) is 13.8 Å². The summed E-state index contributed by atoms with van der Waals surface area (Å²) in [5.41, 5.74) is 7.24. The molecule has 0 saturated heterocycles. The van der Waals surface area contributed by atoms with E-state index in [-0.39, 0.29) is 11.9 Å². The van der Waals surface area contributed by atoms with Crippen molar-refractivity contribution in [3.8, 4) is 0 Å². The van der Waals surface area contributed by atoms with Crippen LogP contribution in [0.1, 0.15) is 19.9 Å². The van der Waals surface area contributed by atoms with Gasteiger partial charge < -0.3 is 10.3 Å². The molecule has 74 valence electrons. The third kappa shape index (κ3) is 1.14. The Kier molecular flexibility index (Phi) is 1.91. The Morgan fingerprint density at radius 2 is 2.14 bits per heavy atom. The fraction of sp³-hybridized carbons (Fsp3) is 0.300. The molecule has 14 heavy (non-hydrogen) atoms. The Bertz CT molecular complexity index is 473. The minimum Gasteiger partial charge on any atom is -0.397 e. The molecule has 1 aromatic carbocycles. The molecule has 1 heterocycles. The topological polar surface area (TPSA) is 43.8 Å². The van der Waals surface area contributed by atoms with Gasteiger partial charge in [-0.1, -0.05) is 0 Å². The molecule has 2 N–H and O–H groups in total. The Balaban J connectivity index is 2.84. The molecule has 0 aliphatic heterocycles. The zero-order chi connectivity index (χ0) is 10.3. The number of imidazole rings is 1. The molecule has 0 unspecified atom stereocenters. The van der Waals surface area contributed by atoms with Gasteiger partial charge in [-0.3, -0.25) is 0 Å². The average molecular weight is 193 g/mol. The zero-order valence-electron chi connectivity index (χ0n) is 8.16.